The third-order valence-electron chi connectivity index (χ3n) is 3.30. The van der Waals surface area contributed by atoms with E-state index in [1.165, 1.54) is 17.7 Å². The van der Waals surface area contributed by atoms with Crippen LogP contribution in [0.4, 0.5) is 0 Å². The third-order valence-corrected chi connectivity index (χ3v) is 4.88. The number of nitrogens with one attached hydrogen (secondary N) is 1. The zero-order chi connectivity index (χ0) is 14.8. The lowest BCUT2D eigenvalue weighted by Gasteiger charge is -2.02. The maximum Gasteiger partial charge on any atom is 0.124 e. The van der Waals surface area contributed by atoms with Crippen molar-refractivity contribution in [1.29, 1.82) is 0 Å². The Hall–Kier alpha value is -0.650. The fourth-order valence-electron chi connectivity index (χ4n) is 2.10. The molecular weight excluding hydrogens is 327 g/mol. The molecule has 0 atom stereocenters. The molecule has 1 aliphatic rings. The molecule has 0 saturated heterocycles. The molecule has 6 heteroatoms. The molecule has 112 valence electrons. The van der Waals surface area contributed by atoms with Crippen LogP contribution in [0.3, 0.4) is 0 Å². The van der Waals surface area contributed by atoms with Gasteiger partial charge in [-0.15, -0.1) is 11.3 Å². The van der Waals surface area contributed by atoms with Crippen molar-refractivity contribution in [2.45, 2.75) is 32.0 Å². The molecule has 0 spiro atoms. The second-order valence-electron chi connectivity index (χ2n) is 5.14. The van der Waals surface area contributed by atoms with E-state index >= 15 is 0 Å². The normalized spacial score (nSPS) is 14.6. The molecule has 1 heterocycles. The summed E-state index contributed by atoms with van der Waals surface area (Å²) in [6.07, 6.45) is 2.55. The Morgan fingerprint density at radius 2 is 2.00 bits per heavy atom. The van der Waals surface area contributed by atoms with Crippen LogP contribution >= 0.6 is 34.5 Å². The first-order chi connectivity index (χ1) is 10.2. The van der Waals surface area contributed by atoms with Crippen molar-refractivity contribution in [3.63, 3.8) is 0 Å². The number of thiazole rings is 1. The van der Waals surface area contributed by atoms with Crippen molar-refractivity contribution in [2.75, 3.05) is 7.11 Å². The minimum absolute atomic E-state index is 0.520. The van der Waals surface area contributed by atoms with Gasteiger partial charge in [-0.05, 0) is 31.0 Å². The van der Waals surface area contributed by atoms with Crippen LogP contribution in [0.5, 0.6) is 0 Å². The van der Waals surface area contributed by atoms with Crippen LogP contribution in [0.25, 0.3) is 10.6 Å². The van der Waals surface area contributed by atoms with Gasteiger partial charge in [0.05, 0.1) is 12.3 Å². The lowest BCUT2D eigenvalue weighted by Crippen LogP contribution is -2.15. The first kappa shape index (κ1) is 15.3. The highest BCUT2D eigenvalue weighted by molar-refractivity contribution is 7.15. The van der Waals surface area contributed by atoms with Crippen molar-refractivity contribution in [2.24, 2.45) is 0 Å². The first-order valence-electron chi connectivity index (χ1n) is 6.83. The maximum absolute atomic E-state index is 6.07. The second kappa shape index (κ2) is 6.63. The van der Waals surface area contributed by atoms with Crippen molar-refractivity contribution >= 4 is 34.5 Å². The van der Waals surface area contributed by atoms with Crippen LogP contribution in [0.1, 0.15) is 23.4 Å². The summed E-state index contributed by atoms with van der Waals surface area (Å²) < 4.78 is 5.25. The molecule has 0 bridgehead atoms. The van der Waals surface area contributed by atoms with Crippen molar-refractivity contribution < 1.29 is 4.74 Å². The number of hydrogen-bond acceptors (Lipinski definition) is 4. The van der Waals surface area contributed by atoms with Crippen molar-refractivity contribution in [3.05, 3.63) is 38.8 Å². The number of nitrogens with zero attached hydrogens (tertiary/aromatic N) is 1. The lowest BCUT2D eigenvalue weighted by atomic mass is 10.2. The topological polar surface area (TPSA) is 34.1 Å². The van der Waals surface area contributed by atoms with Gasteiger partial charge in [0.15, 0.2) is 0 Å². The second-order valence-corrected chi connectivity index (χ2v) is 7.09. The van der Waals surface area contributed by atoms with E-state index in [0.29, 0.717) is 22.7 Å². The summed E-state index contributed by atoms with van der Waals surface area (Å²) in [5, 5.41) is 5.70. The zero-order valence-corrected chi connectivity index (χ0v) is 14.0. The highest BCUT2D eigenvalue weighted by Crippen LogP contribution is 2.33. The molecule has 21 heavy (non-hydrogen) atoms. The summed E-state index contributed by atoms with van der Waals surface area (Å²) in [7, 11) is 1.69. The molecule has 1 aromatic carbocycles. The molecule has 1 N–H and O–H groups in total. The maximum atomic E-state index is 6.07. The predicted molar refractivity (Wildman–Crippen MR) is 88.1 cm³/mol. The Labute approximate surface area is 138 Å². The van der Waals surface area contributed by atoms with Crippen LogP contribution in [-0.2, 0) is 17.9 Å². The molecule has 2 aromatic rings. The van der Waals surface area contributed by atoms with Crippen LogP contribution in [0.2, 0.25) is 10.0 Å². The van der Waals surface area contributed by atoms with Gasteiger partial charge in [0, 0.05) is 40.2 Å². The number of halogens is 2. The van der Waals surface area contributed by atoms with Gasteiger partial charge in [0.25, 0.3) is 0 Å². The Morgan fingerprint density at radius 1 is 1.29 bits per heavy atom. The minimum Gasteiger partial charge on any atom is -0.378 e. The monoisotopic (exact) mass is 342 g/mol. The van der Waals surface area contributed by atoms with Crippen molar-refractivity contribution in [3.8, 4) is 10.6 Å². The Bertz CT molecular complexity index is 620. The number of hydrogen-bond donors (Lipinski definition) is 1. The van der Waals surface area contributed by atoms with Crippen LogP contribution in [0.15, 0.2) is 18.2 Å². The van der Waals surface area contributed by atoms with E-state index in [2.05, 4.69) is 10.3 Å². The van der Waals surface area contributed by atoms with Gasteiger partial charge >= 0.3 is 0 Å². The third kappa shape index (κ3) is 3.96. The molecule has 0 amide bonds. The summed E-state index contributed by atoms with van der Waals surface area (Å²) in [6, 6.07) is 6.18. The molecule has 1 aromatic heterocycles. The van der Waals surface area contributed by atoms with Crippen LogP contribution < -0.4 is 5.32 Å². The summed E-state index contributed by atoms with van der Waals surface area (Å²) >= 11 is 13.8. The number of aromatic nitrogens is 1. The molecule has 0 aliphatic heterocycles. The molecule has 1 aliphatic carbocycles. The Balaban J connectivity index is 1.88. The molecule has 0 unspecified atom stereocenters. The van der Waals surface area contributed by atoms with Gasteiger partial charge < -0.3 is 10.1 Å². The standard InChI is InChI=1S/C15H16Cl2N2OS/c1-20-8-13-14(7-18-12-2-3-12)21-15(19-13)9-4-10(16)6-11(17)5-9/h4-6,12,18H,2-3,7-8H2,1H3. The van der Waals surface area contributed by atoms with Gasteiger partial charge in [0.2, 0.25) is 0 Å². The average molecular weight is 343 g/mol. The van der Waals surface area contributed by atoms with Crippen LogP contribution in [0, 0.1) is 0 Å². The van der Waals surface area contributed by atoms with Gasteiger partial charge in [-0.2, -0.15) is 0 Å². The average Bonchev–Trinajstić information content (AvgIpc) is 3.17. The van der Waals surface area contributed by atoms with Crippen LogP contribution in [-0.4, -0.2) is 18.1 Å². The summed E-state index contributed by atoms with van der Waals surface area (Å²) in [5.74, 6) is 0. The van der Waals surface area contributed by atoms with Gasteiger partial charge in [-0.25, -0.2) is 4.98 Å². The number of methoxy groups -OCH3 is 1. The van der Waals surface area contributed by atoms with E-state index in [4.69, 9.17) is 27.9 Å². The Kier molecular flexibility index (Phi) is 4.82. The minimum atomic E-state index is 0.520. The van der Waals surface area contributed by atoms with E-state index in [1.807, 2.05) is 12.1 Å². The summed E-state index contributed by atoms with van der Waals surface area (Å²) in [4.78, 5) is 5.90. The zero-order valence-electron chi connectivity index (χ0n) is 11.7. The van der Waals surface area contributed by atoms with E-state index in [9.17, 15) is 0 Å². The SMILES string of the molecule is COCc1nc(-c2cc(Cl)cc(Cl)c2)sc1CNC1CC1. The molecule has 3 nitrogen and oxygen atoms in total. The highest BCUT2D eigenvalue weighted by Gasteiger charge is 2.22. The van der Waals surface area contributed by atoms with E-state index < -0.39 is 0 Å². The molecule has 3 rings (SSSR count). The highest BCUT2D eigenvalue weighted by atomic mass is 35.5. The van der Waals surface area contributed by atoms with Gasteiger partial charge in [-0.3, -0.25) is 0 Å². The van der Waals surface area contributed by atoms with E-state index in [-0.39, 0.29) is 0 Å². The summed E-state index contributed by atoms with van der Waals surface area (Å²) in [5.41, 5.74) is 1.94. The molecular formula is C15H16Cl2N2OS. The fourth-order valence-corrected chi connectivity index (χ4v) is 3.63. The Morgan fingerprint density at radius 3 is 2.62 bits per heavy atom. The fraction of sp³-hybridized carbons (Fsp3) is 0.400. The van der Waals surface area contributed by atoms with E-state index in [0.717, 1.165) is 22.8 Å². The number of rotatable bonds is 6. The quantitative estimate of drug-likeness (QED) is 0.838. The largest absolute Gasteiger partial charge is 0.378 e. The van der Waals surface area contributed by atoms with Gasteiger partial charge in [0.1, 0.15) is 5.01 Å². The first-order valence-corrected chi connectivity index (χ1v) is 8.40. The smallest absolute Gasteiger partial charge is 0.124 e. The molecule has 1 saturated carbocycles. The molecule has 0 radical (unpaired) electrons. The molecule has 1 fully saturated rings. The van der Waals surface area contributed by atoms with Crippen molar-refractivity contribution in [1.82, 2.24) is 10.3 Å². The van der Waals surface area contributed by atoms with Gasteiger partial charge in [-0.1, -0.05) is 23.2 Å². The number of benzene rings is 1. The van der Waals surface area contributed by atoms with E-state index in [1.54, 1.807) is 24.5 Å². The predicted octanol–water partition coefficient (Wildman–Crippen LogP) is 4.52. The number of ether oxygens (including phenoxy) is 1. The lowest BCUT2D eigenvalue weighted by molar-refractivity contribution is 0.181. The summed E-state index contributed by atoms with van der Waals surface area (Å²) in [6.45, 7) is 1.36.